The van der Waals surface area contributed by atoms with Gasteiger partial charge in [0.1, 0.15) is 6.10 Å². The van der Waals surface area contributed by atoms with Crippen LogP contribution in [0.25, 0.3) is 6.08 Å². The van der Waals surface area contributed by atoms with Crippen molar-refractivity contribution >= 4 is 20.1 Å². The van der Waals surface area contributed by atoms with Crippen LogP contribution >= 0.6 is 8.25 Å². The van der Waals surface area contributed by atoms with Crippen LogP contribution < -0.4 is 5.73 Å². The number of rotatable bonds is 5. The number of Topliss-reactive ketones (excluding diaryl/α,β-unsaturated/α-hetero) is 1. The molecule has 108 valence electrons. The predicted molar refractivity (Wildman–Crippen MR) is 77.3 cm³/mol. The van der Waals surface area contributed by atoms with E-state index in [1.807, 2.05) is 36.4 Å². The second kappa shape index (κ2) is 6.02. The Balaban J connectivity index is 2.29. The molecule has 0 amide bonds. The highest BCUT2D eigenvalue weighted by Gasteiger charge is 2.35. The molecule has 0 aromatic heterocycles. The van der Waals surface area contributed by atoms with Gasteiger partial charge in [-0.25, -0.2) is 0 Å². The van der Waals surface area contributed by atoms with Crippen LogP contribution in [-0.2, 0) is 19.4 Å². The molecule has 0 aliphatic heterocycles. The number of fused-ring (bicyclic) bond motifs is 1. The number of hydrogen-bond acceptors (Lipinski definition) is 4. The van der Waals surface area contributed by atoms with Crippen LogP contribution in [0, 0.1) is 0 Å². The van der Waals surface area contributed by atoms with Crippen LogP contribution in [0.15, 0.2) is 30.3 Å². The zero-order chi connectivity index (χ0) is 14.8. The van der Waals surface area contributed by atoms with Crippen molar-refractivity contribution in [3.8, 4) is 0 Å². The van der Waals surface area contributed by atoms with Crippen molar-refractivity contribution in [2.75, 3.05) is 0 Å². The summed E-state index contributed by atoms with van der Waals surface area (Å²) in [5, 5.41) is 0. The van der Waals surface area contributed by atoms with Gasteiger partial charge in [-0.2, -0.15) is 0 Å². The van der Waals surface area contributed by atoms with Gasteiger partial charge in [-0.15, -0.1) is 0 Å². The molecule has 3 unspecified atom stereocenters. The van der Waals surface area contributed by atoms with Crippen LogP contribution in [0.5, 0.6) is 0 Å². The van der Waals surface area contributed by atoms with Gasteiger partial charge in [-0.3, -0.25) is 13.9 Å². The Hall–Kier alpha value is -1.26. The molecule has 0 bridgehead atoms. The van der Waals surface area contributed by atoms with Crippen LogP contribution in [0.2, 0.25) is 0 Å². The largest absolute Gasteiger partial charge is 0.326 e. The zero-order valence-corrected chi connectivity index (χ0v) is 12.2. The van der Waals surface area contributed by atoms with Crippen molar-refractivity contribution < 1.29 is 18.8 Å². The molecule has 1 aliphatic carbocycles. The van der Waals surface area contributed by atoms with Crippen LogP contribution in [0.1, 0.15) is 30.9 Å². The number of benzene rings is 1. The summed E-state index contributed by atoms with van der Waals surface area (Å²) >= 11 is 0. The third-order valence-electron chi connectivity index (χ3n) is 3.52. The number of nitrogens with two attached hydrogens (primary N) is 1. The maximum atomic E-state index is 11.6. The summed E-state index contributed by atoms with van der Waals surface area (Å²) in [5.41, 5.74) is 7.59. The molecule has 0 saturated carbocycles. The van der Waals surface area contributed by atoms with E-state index in [-0.39, 0.29) is 12.2 Å². The molecule has 0 radical (unpaired) electrons. The maximum absolute atomic E-state index is 11.6. The minimum atomic E-state index is -3.18. The molecule has 0 spiro atoms. The first kappa shape index (κ1) is 15.1. The summed E-state index contributed by atoms with van der Waals surface area (Å²) in [4.78, 5) is 20.5. The Morgan fingerprint density at radius 3 is 2.90 bits per heavy atom. The number of carbonyl (C=O) groups is 1. The molecule has 20 heavy (non-hydrogen) atoms. The zero-order valence-electron chi connectivity index (χ0n) is 11.2. The normalized spacial score (nSPS) is 23.9. The third-order valence-corrected chi connectivity index (χ3v) is 4.01. The van der Waals surface area contributed by atoms with Crippen molar-refractivity contribution in [3.05, 3.63) is 41.5 Å². The molecular formula is C14H18NO4P. The SMILES string of the molecule is CC(=O)C(CC1(N)CC=Cc2ccccc21)O[PH](=O)O. The van der Waals surface area contributed by atoms with E-state index in [0.717, 1.165) is 11.1 Å². The Morgan fingerprint density at radius 2 is 2.25 bits per heavy atom. The summed E-state index contributed by atoms with van der Waals surface area (Å²) in [6, 6.07) is 7.67. The second-order valence-electron chi connectivity index (χ2n) is 5.04. The van der Waals surface area contributed by atoms with Gasteiger partial charge in [0.2, 0.25) is 0 Å². The Morgan fingerprint density at radius 1 is 1.55 bits per heavy atom. The monoisotopic (exact) mass is 295 g/mol. The van der Waals surface area contributed by atoms with Gasteiger partial charge in [0, 0.05) is 12.0 Å². The first-order valence-corrected chi connectivity index (χ1v) is 7.64. The Bertz CT molecular complexity index is 572. The highest BCUT2D eigenvalue weighted by atomic mass is 31.1. The van der Waals surface area contributed by atoms with E-state index in [4.69, 9.17) is 15.2 Å². The summed E-state index contributed by atoms with van der Waals surface area (Å²) in [7, 11) is -3.18. The minimum absolute atomic E-state index is 0.181. The molecule has 1 aliphatic rings. The van der Waals surface area contributed by atoms with Crippen molar-refractivity contribution in [2.45, 2.75) is 31.4 Å². The fourth-order valence-electron chi connectivity index (χ4n) is 2.52. The van der Waals surface area contributed by atoms with E-state index >= 15 is 0 Å². The molecular weight excluding hydrogens is 277 g/mol. The average molecular weight is 295 g/mol. The number of hydrogen-bond donors (Lipinski definition) is 2. The lowest BCUT2D eigenvalue weighted by molar-refractivity contribution is -0.124. The molecule has 2 rings (SSSR count). The summed E-state index contributed by atoms with van der Waals surface area (Å²) in [6.45, 7) is 1.34. The van der Waals surface area contributed by atoms with E-state index < -0.39 is 19.9 Å². The molecule has 5 nitrogen and oxygen atoms in total. The standard InChI is InChI=1S/C14H18NO4P/c1-10(16)13(19-20(17)18)9-14(15)8-4-6-11-5-2-3-7-12(11)14/h2-7,13,20H,8-9,15H2,1H3,(H,17,18). The van der Waals surface area contributed by atoms with Gasteiger partial charge >= 0.3 is 8.25 Å². The topological polar surface area (TPSA) is 89.6 Å². The predicted octanol–water partition coefficient (Wildman–Crippen LogP) is 2.00. The number of carbonyl (C=O) groups excluding carboxylic acids is 1. The van der Waals surface area contributed by atoms with Gasteiger partial charge < -0.3 is 10.6 Å². The fourth-order valence-corrected chi connectivity index (χ4v) is 3.01. The van der Waals surface area contributed by atoms with E-state index in [2.05, 4.69) is 0 Å². The highest BCUT2D eigenvalue weighted by molar-refractivity contribution is 7.32. The number of ketones is 1. The van der Waals surface area contributed by atoms with Crippen molar-refractivity contribution in [1.82, 2.24) is 0 Å². The molecule has 6 heteroatoms. The van der Waals surface area contributed by atoms with Gasteiger partial charge in [0.15, 0.2) is 5.78 Å². The van der Waals surface area contributed by atoms with E-state index in [1.165, 1.54) is 6.92 Å². The van der Waals surface area contributed by atoms with Gasteiger partial charge in [0.05, 0.1) is 0 Å². The smallest absolute Gasteiger partial charge is 0.317 e. The van der Waals surface area contributed by atoms with Gasteiger partial charge in [-0.1, -0.05) is 36.4 Å². The molecule has 3 atom stereocenters. The summed E-state index contributed by atoms with van der Waals surface area (Å²) in [6.07, 6.45) is 3.71. The lowest BCUT2D eigenvalue weighted by atomic mass is 9.77. The molecule has 0 fully saturated rings. The Kier molecular flexibility index (Phi) is 4.55. The molecule has 1 aromatic rings. The lowest BCUT2D eigenvalue weighted by Gasteiger charge is -2.35. The quantitative estimate of drug-likeness (QED) is 0.811. The van der Waals surface area contributed by atoms with Crippen molar-refractivity contribution in [2.24, 2.45) is 5.73 Å². The first-order chi connectivity index (χ1) is 9.42. The van der Waals surface area contributed by atoms with Crippen LogP contribution in [-0.4, -0.2) is 16.8 Å². The van der Waals surface area contributed by atoms with Crippen LogP contribution in [0.4, 0.5) is 0 Å². The molecule has 1 aromatic carbocycles. The van der Waals surface area contributed by atoms with E-state index in [0.29, 0.717) is 6.42 Å². The fraction of sp³-hybridized carbons (Fsp3) is 0.357. The molecule has 0 heterocycles. The van der Waals surface area contributed by atoms with Crippen molar-refractivity contribution in [3.63, 3.8) is 0 Å². The summed E-state index contributed by atoms with van der Waals surface area (Å²) in [5.74, 6) is -0.297. The summed E-state index contributed by atoms with van der Waals surface area (Å²) < 4.78 is 15.7. The van der Waals surface area contributed by atoms with Crippen molar-refractivity contribution in [1.29, 1.82) is 0 Å². The lowest BCUT2D eigenvalue weighted by Crippen LogP contribution is -2.43. The van der Waals surface area contributed by atoms with Gasteiger partial charge in [0.25, 0.3) is 0 Å². The Labute approximate surface area is 118 Å². The second-order valence-corrected chi connectivity index (χ2v) is 5.80. The minimum Gasteiger partial charge on any atom is -0.326 e. The maximum Gasteiger partial charge on any atom is 0.317 e. The van der Waals surface area contributed by atoms with E-state index in [9.17, 15) is 9.36 Å². The van der Waals surface area contributed by atoms with Crippen LogP contribution in [0.3, 0.4) is 0 Å². The average Bonchev–Trinajstić information content (AvgIpc) is 2.38. The molecule has 0 saturated heterocycles. The highest BCUT2D eigenvalue weighted by Crippen LogP contribution is 2.37. The third kappa shape index (κ3) is 3.25. The van der Waals surface area contributed by atoms with Gasteiger partial charge in [-0.05, 0) is 24.5 Å². The first-order valence-electron chi connectivity index (χ1n) is 6.37. The van der Waals surface area contributed by atoms with E-state index in [1.54, 1.807) is 0 Å². The molecule has 3 N–H and O–H groups in total.